The Morgan fingerprint density at radius 1 is 1.04 bits per heavy atom. The second kappa shape index (κ2) is 7.72. The van der Waals surface area contributed by atoms with Gasteiger partial charge in [-0.15, -0.1) is 0 Å². The zero-order valence-corrected chi connectivity index (χ0v) is 15.4. The molecule has 0 aliphatic carbocycles. The molecule has 0 fully saturated rings. The van der Waals surface area contributed by atoms with E-state index in [0.717, 1.165) is 5.39 Å². The monoisotopic (exact) mass is 387 g/mol. The molecule has 0 aliphatic rings. The van der Waals surface area contributed by atoms with Crippen molar-refractivity contribution in [3.63, 3.8) is 0 Å². The maximum Gasteiger partial charge on any atom is 0.244 e. The Kier molecular flexibility index (Phi) is 5.40. The van der Waals surface area contributed by atoms with E-state index in [4.69, 9.17) is 23.2 Å². The predicted molar refractivity (Wildman–Crippen MR) is 105 cm³/mol. The summed E-state index contributed by atoms with van der Waals surface area (Å²) in [5, 5.41) is 4.30. The minimum absolute atomic E-state index is 0.220. The lowest BCUT2D eigenvalue weighted by molar-refractivity contribution is -0.120. The van der Waals surface area contributed by atoms with E-state index in [1.165, 1.54) is 11.8 Å². The van der Waals surface area contributed by atoms with Gasteiger partial charge in [-0.1, -0.05) is 47.5 Å². The first-order chi connectivity index (χ1) is 12.5. The fourth-order valence-corrected chi connectivity index (χ4v) is 3.23. The predicted octanol–water partition coefficient (Wildman–Crippen LogP) is 4.53. The Balaban J connectivity index is 1.86. The van der Waals surface area contributed by atoms with Crippen LogP contribution in [0.15, 0.2) is 54.7 Å². The van der Waals surface area contributed by atoms with Crippen molar-refractivity contribution in [3.05, 3.63) is 64.8 Å². The summed E-state index contributed by atoms with van der Waals surface area (Å²) >= 11 is 12.3. The van der Waals surface area contributed by atoms with Gasteiger partial charge in [0, 0.05) is 18.5 Å². The molecule has 2 aromatic carbocycles. The molecule has 2 amide bonds. The zero-order chi connectivity index (χ0) is 18.7. The van der Waals surface area contributed by atoms with Gasteiger partial charge < -0.3 is 10.2 Å². The molecule has 1 heterocycles. The number of nitrogens with zero attached hydrogens (tertiary/aromatic N) is 2. The molecule has 132 valence electrons. The van der Waals surface area contributed by atoms with Gasteiger partial charge in [0.15, 0.2) is 0 Å². The zero-order valence-electron chi connectivity index (χ0n) is 13.9. The molecule has 0 atom stereocenters. The molecule has 7 heteroatoms. The Labute approximate surface area is 160 Å². The standard InChI is InChI=1S/C19H15Cl2N3O2/c1-12(25)24(19-14(20)7-3-8-15(19)21)11-17(26)23-16-9-2-5-13-6-4-10-22-18(13)16/h2-10H,11H2,1H3,(H,23,26). The van der Waals surface area contributed by atoms with Gasteiger partial charge in [0.2, 0.25) is 11.8 Å². The van der Waals surface area contributed by atoms with Crippen LogP contribution in [0, 0.1) is 0 Å². The smallest absolute Gasteiger partial charge is 0.244 e. The molecule has 26 heavy (non-hydrogen) atoms. The van der Waals surface area contributed by atoms with Crippen LogP contribution in [-0.2, 0) is 9.59 Å². The Morgan fingerprint density at radius 2 is 1.69 bits per heavy atom. The van der Waals surface area contributed by atoms with Crippen LogP contribution in [0.25, 0.3) is 10.9 Å². The summed E-state index contributed by atoms with van der Waals surface area (Å²) in [6, 6.07) is 14.1. The highest BCUT2D eigenvalue weighted by molar-refractivity contribution is 6.40. The maximum atomic E-state index is 12.5. The van der Waals surface area contributed by atoms with Crippen LogP contribution >= 0.6 is 23.2 Å². The quantitative estimate of drug-likeness (QED) is 0.714. The summed E-state index contributed by atoms with van der Waals surface area (Å²) in [6.45, 7) is 1.13. The lowest BCUT2D eigenvalue weighted by Gasteiger charge is -2.23. The first-order valence-electron chi connectivity index (χ1n) is 7.83. The van der Waals surface area contributed by atoms with Gasteiger partial charge in [-0.2, -0.15) is 0 Å². The van der Waals surface area contributed by atoms with E-state index in [-0.39, 0.29) is 18.4 Å². The average Bonchev–Trinajstić information content (AvgIpc) is 2.61. The molecule has 0 bridgehead atoms. The topological polar surface area (TPSA) is 62.3 Å². The van der Waals surface area contributed by atoms with Crippen LogP contribution in [0.1, 0.15) is 6.92 Å². The number of nitrogens with one attached hydrogen (secondary N) is 1. The Morgan fingerprint density at radius 3 is 2.38 bits per heavy atom. The summed E-state index contributed by atoms with van der Waals surface area (Å²) in [5.74, 6) is -0.722. The van der Waals surface area contributed by atoms with Gasteiger partial charge in [0.25, 0.3) is 0 Å². The molecular weight excluding hydrogens is 373 g/mol. The molecule has 0 unspecified atom stereocenters. The molecular formula is C19H15Cl2N3O2. The van der Waals surface area contributed by atoms with Crippen molar-refractivity contribution in [3.8, 4) is 0 Å². The van der Waals surface area contributed by atoms with E-state index < -0.39 is 0 Å². The SMILES string of the molecule is CC(=O)N(CC(=O)Nc1cccc2cccnc12)c1c(Cl)cccc1Cl. The molecule has 3 rings (SSSR count). The van der Waals surface area contributed by atoms with Crippen molar-refractivity contribution in [2.24, 2.45) is 0 Å². The number of para-hydroxylation sites is 2. The van der Waals surface area contributed by atoms with Gasteiger partial charge >= 0.3 is 0 Å². The summed E-state index contributed by atoms with van der Waals surface area (Å²) in [6.07, 6.45) is 1.66. The van der Waals surface area contributed by atoms with Gasteiger partial charge in [-0.25, -0.2) is 0 Å². The fourth-order valence-electron chi connectivity index (χ4n) is 2.63. The molecule has 5 nitrogen and oxygen atoms in total. The number of carbonyl (C=O) groups excluding carboxylic acids is 2. The number of rotatable bonds is 4. The summed E-state index contributed by atoms with van der Waals surface area (Å²) in [7, 11) is 0. The molecule has 3 aromatic rings. The van der Waals surface area contributed by atoms with E-state index >= 15 is 0 Å². The fraction of sp³-hybridized carbons (Fsp3) is 0.105. The lowest BCUT2D eigenvalue weighted by atomic mass is 10.2. The van der Waals surface area contributed by atoms with Crippen LogP contribution in [0.2, 0.25) is 10.0 Å². The van der Waals surface area contributed by atoms with Crippen molar-refractivity contribution in [2.75, 3.05) is 16.8 Å². The van der Waals surface area contributed by atoms with Gasteiger partial charge in [0.1, 0.15) is 6.54 Å². The van der Waals surface area contributed by atoms with Crippen molar-refractivity contribution in [1.29, 1.82) is 0 Å². The number of aromatic nitrogens is 1. The third-order valence-corrected chi connectivity index (χ3v) is 4.41. The first kappa shape index (κ1) is 18.2. The van der Waals surface area contributed by atoms with Crippen molar-refractivity contribution < 1.29 is 9.59 Å². The molecule has 0 radical (unpaired) electrons. The number of hydrogen-bond acceptors (Lipinski definition) is 3. The summed E-state index contributed by atoms with van der Waals surface area (Å²) < 4.78 is 0. The van der Waals surface area contributed by atoms with Crippen molar-refractivity contribution in [1.82, 2.24) is 4.98 Å². The largest absolute Gasteiger partial charge is 0.323 e. The van der Waals surface area contributed by atoms with Gasteiger partial charge in [-0.3, -0.25) is 14.6 Å². The number of hydrogen-bond donors (Lipinski definition) is 1. The highest BCUT2D eigenvalue weighted by atomic mass is 35.5. The normalized spacial score (nSPS) is 10.6. The number of carbonyl (C=O) groups is 2. The number of fused-ring (bicyclic) bond motifs is 1. The van der Waals surface area contributed by atoms with E-state index in [2.05, 4.69) is 10.3 Å². The lowest BCUT2D eigenvalue weighted by Crippen LogP contribution is -2.37. The van der Waals surface area contributed by atoms with Gasteiger partial charge in [0.05, 0.1) is 26.9 Å². The highest BCUT2D eigenvalue weighted by Crippen LogP contribution is 2.33. The molecule has 0 spiro atoms. The van der Waals surface area contributed by atoms with E-state index in [1.54, 1.807) is 30.5 Å². The second-order valence-electron chi connectivity index (χ2n) is 5.60. The molecule has 1 N–H and O–H groups in total. The number of amides is 2. The number of anilines is 2. The third kappa shape index (κ3) is 3.79. The van der Waals surface area contributed by atoms with Crippen LogP contribution < -0.4 is 10.2 Å². The third-order valence-electron chi connectivity index (χ3n) is 3.80. The minimum Gasteiger partial charge on any atom is -0.323 e. The Bertz CT molecular complexity index is 966. The molecule has 1 aromatic heterocycles. The average molecular weight is 388 g/mol. The van der Waals surface area contributed by atoms with Crippen LogP contribution in [-0.4, -0.2) is 23.3 Å². The highest BCUT2D eigenvalue weighted by Gasteiger charge is 2.21. The van der Waals surface area contributed by atoms with E-state index in [1.807, 2.05) is 24.3 Å². The summed E-state index contributed by atoms with van der Waals surface area (Å²) in [4.78, 5) is 30.2. The van der Waals surface area contributed by atoms with Crippen LogP contribution in [0.4, 0.5) is 11.4 Å². The molecule has 0 aliphatic heterocycles. The summed E-state index contributed by atoms with van der Waals surface area (Å²) in [5.41, 5.74) is 1.56. The van der Waals surface area contributed by atoms with Crippen LogP contribution in [0.5, 0.6) is 0 Å². The Hall–Kier alpha value is -2.63. The van der Waals surface area contributed by atoms with Gasteiger partial charge in [-0.05, 0) is 24.3 Å². The minimum atomic E-state index is -0.380. The van der Waals surface area contributed by atoms with Crippen molar-refractivity contribution >= 4 is 57.3 Å². The molecule has 0 saturated carbocycles. The van der Waals surface area contributed by atoms with Crippen molar-refractivity contribution in [2.45, 2.75) is 6.92 Å². The number of pyridine rings is 1. The first-order valence-corrected chi connectivity index (χ1v) is 8.58. The maximum absolute atomic E-state index is 12.5. The van der Waals surface area contributed by atoms with Crippen LogP contribution in [0.3, 0.4) is 0 Å². The second-order valence-corrected chi connectivity index (χ2v) is 6.42. The number of benzene rings is 2. The number of halogens is 2. The van der Waals surface area contributed by atoms with E-state index in [9.17, 15) is 9.59 Å². The van der Waals surface area contributed by atoms with E-state index in [0.29, 0.717) is 26.9 Å². The molecule has 0 saturated heterocycles.